The molecule has 3 nitrogen and oxygen atoms in total. The highest BCUT2D eigenvalue weighted by Gasteiger charge is 1.90. The molecule has 0 bridgehead atoms. The van der Waals surface area contributed by atoms with E-state index < -0.39 is 5.97 Å². The molecule has 52 valence electrons. The molecule has 0 atom stereocenters. The fourth-order valence-corrected chi connectivity index (χ4v) is 0.969. The van der Waals surface area contributed by atoms with E-state index in [1.165, 1.54) is 6.08 Å². The first kappa shape index (κ1) is 8.90. The van der Waals surface area contributed by atoms with Crippen LogP contribution >= 0.6 is 22.9 Å². The normalized spacial score (nSPS) is 11.6. The topological polar surface area (TPSA) is 49.3 Å². The van der Waals surface area contributed by atoms with Gasteiger partial charge in [0.1, 0.15) is 0 Å². The number of carbonyl (C=O) groups is 1. The number of carboxylic acids is 1. The summed E-state index contributed by atoms with van der Waals surface area (Å²) in [6, 6.07) is 0. The SMILES string of the molecule is CC(=CC(=O)O)CNI. The van der Waals surface area contributed by atoms with Gasteiger partial charge < -0.3 is 5.11 Å². The number of nitrogens with one attached hydrogen (secondary N) is 1. The molecular formula is C5H8INO2. The van der Waals surface area contributed by atoms with E-state index in [4.69, 9.17) is 5.11 Å². The number of carboxylic acid groups (broad SMARTS) is 1. The maximum atomic E-state index is 9.98. The Bertz CT molecular complexity index is 133. The molecule has 0 aromatic carbocycles. The van der Waals surface area contributed by atoms with Crippen LogP contribution in [-0.4, -0.2) is 17.6 Å². The van der Waals surface area contributed by atoms with Crippen molar-refractivity contribution in [1.82, 2.24) is 3.53 Å². The molecule has 0 aliphatic rings. The van der Waals surface area contributed by atoms with E-state index in [0.717, 1.165) is 5.57 Å². The number of hydrogen-bond donors (Lipinski definition) is 2. The third-order valence-electron chi connectivity index (χ3n) is 0.716. The van der Waals surface area contributed by atoms with Gasteiger partial charge in [0.05, 0.1) is 0 Å². The average Bonchev–Trinajstić information content (AvgIpc) is 1.63. The monoisotopic (exact) mass is 241 g/mol. The summed E-state index contributed by atoms with van der Waals surface area (Å²) in [5.41, 5.74) is 0.817. The van der Waals surface area contributed by atoms with E-state index in [-0.39, 0.29) is 0 Å². The van der Waals surface area contributed by atoms with Gasteiger partial charge in [-0.15, -0.1) is 0 Å². The van der Waals surface area contributed by atoms with E-state index in [1.54, 1.807) is 6.92 Å². The standard InChI is InChI=1S/C5H8INO2/c1-4(3-7-6)2-5(8)9/h2,7H,3H2,1H3,(H,8,9). The molecule has 0 aromatic heterocycles. The third kappa shape index (κ3) is 5.78. The summed E-state index contributed by atoms with van der Waals surface area (Å²) >= 11 is 1.97. The van der Waals surface area contributed by atoms with Crippen molar-refractivity contribution in [1.29, 1.82) is 0 Å². The molecule has 4 heteroatoms. The minimum absolute atomic E-state index is 0.618. The molecule has 0 amide bonds. The summed E-state index contributed by atoms with van der Waals surface area (Å²) in [5.74, 6) is -0.890. The summed E-state index contributed by atoms with van der Waals surface area (Å²) in [6.45, 7) is 2.38. The average molecular weight is 241 g/mol. The van der Waals surface area contributed by atoms with Crippen molar-refractivity contribution in [3.63, 3.8) is 0 Å². The zero-order valence-electron chi connectivity index (χ0n) is 5.02. The Hall–Kier alpha value is -0.100. The molecule has 0 spiro atoms. The maximum absolute atomic E-state index is 9.98. The smallest absolute Gasteiger partial charge is 0.328 e. The van der Waals surface area contributed by atoms with Gasteiger partial charge in [-0.1, -0.05) is 5.57 Å². The third-order valence-corrected chi connectivity index (χ3v) is 1.10. The van der Waals surface area contributed by atoms with E-state index in [2.05, 4.69) is 3.53 Å². The van der Waals surface area contributed by atoms with Gasteiger partial charge in [-0.05, 0) is 6.92 Å². The number of rotatable bonds is 3. The van der Waals surface area contributed by atoms with Crippen LogP contribution in [0.4, 0.5) is 0 Å². The molecule has 0 rings (SSSR count). The Kier molecular flexibility index (Phi) is 4.70. The van der Waals surface area contributed by atoms with Crippen molar-refractivity contribution in [3.8, 4) is 0 Å². The van der Waals surface area contributed by atoms with Gasteiger partial charge in [0, 0.05) is 35.5 Å². The van der Waals surface area contributed by atoms with Crippen molar-refractivity contribution in [2.45, 2.75) is 6.92 Å². The highest BCUT2D eigenvalue weighted by molar-refractivity contribution is 14.1. The lowest BCUT2D eigenvalue weighted by Crippen LogP contribution is -2.03. The van der Waals surface area contributed by atoms with Crippen LogP contribution in [0.1, 0.15) is 6.92 Å². The Labute approximate surface area is 67.6 Å². The second-order valence-corrected chi connectivity index (χ2v) is 2.40. The Morgan fingerprint density at radius 3 is 2.78 bits per heavy atom. The Balaban J connectivity index is 3.69. The molecule has 2 N–H and O–H groups in total. The van der Waals surface area contributed by atoms with Crippen molar-refractivity contribution >= 4 is 28.8 Å². The van der Waals surface area contributed by atoms with Crippen LogP contribution in [0.5, 0.6) is 0 Å². The van der Waals surface area contributed by atoms with Gasteiger partial charge in [0.2, 0.25) is 0 Å². The number of aliphatic carboxylic acids is 1. The van der Waals surface area contributed by atoms with E-state index in [1.807, 2.05) is 22.9 Å². The number of hydrogen-bond acceptors (Lipinski definition) is 2. The van der Waals surface area contributed by atoms with Crippen LogP contribution in [0.2, 0.25) is 0 Å². The molecule has 0 aliphatic carbocycles. The molecule has 0 saturated heterocycles. The predicted molar refractivity (Wildman–Crippen MR) is 43.4 cm³/mol. The molecular weight excluding hydrogens is 233 g/mol. The summed E-state index contributed by atoms with van der Waals surface area (Å²) in [7, 11) is 0. The summed E-state index contributed by atoms with van der Waals surface area (Å²) in [5, 5.41) is 8.20. The molecule has 0 unspecified atom stereocenters. The summed E-state index contributed by atoms with van der Waals surface area (Å²) in [4.78, 5) is 9.98. The van der Waals surface area contributed by atoms with Crippen molar-refractivity contribution in [2.24, 2.45) is 0 Å². The predicted octanol–water partition coefficient (Wildman–Crippen LogP) is 0.957. The van der Waals surface area contributed by atoms with Crippen LogP contribution < -0.4 is 3.53 Å². The van der Waals surface area contributed by atoms with Crippen molar-refractivity contribution < 1.29 is 9.90 Å². The van der Waals surface area contributed by atoms with Crippen LogP contribution in [-0.2, 0) is 4.79 Å². The zero-order valence-corrected chi connectivity index (χ0v) is 7.18. The first-order valence-corrected chi connectivity index (χ1v) is 3.48. The summed E-state index contributed by atoms with van der Waals surface area (Å²) in [6.07, 6.45) is 1.19. The fraction of sp³-hybridized carbons (Fsp3) is 0.400. The van der Waals surface area contributed by atoms with Gasteiger partial charge in [0.15, 0.2) is 0 Å². The van der Waals surface area contributed by atoms with E-state index in [9.17, 15) is 4.79 Å². The second-order valence-electron chi connectivity index (χ2n) is 1.64. The van der Waals surface area contributed by atoms with Gasteiger partial charge in [-0.3, -0.25) is 3.53 Å². The molecule has 0 aromatic rings. The molecule has 0 radical (unpaired) electrons. The second kappa shape index (κ2) is 4.75. The van der Waals surface area contributed by atoms with Crippen molar-refractivity contribution in [2.75, 3.05) is 6.54 Å². The molecule has 0 saturated carbocycles. The lowest BCUT2D eigenvalue weighted by atomic mass is 10.3. The van der Waals surface area contributed by atoms with Gasteiger partial charge in [0.25, 0.3) is 0 Å². The lowest BCUT2D eigenvalue weighted by molar-refractivity contribution is -0.131. The first-order valence-electron chi connectivity index (χ1n) is 2.40. The van der Waals surface area contributed by atoms with Crippen LogP contribution in [0.25, 0.3) is 0 Å². The van der Waals surface area contributed by atoms with Crippen LogP contribution in [0.3, 0.4) is 0 Å². The minimum Gasteiger partial charge on any atom is -0.478 e. The van der Waals surface area contributed by atoms with Gasteiger partial charge in [-0.25, -0.2) is 4.79 Å². The quantitative estimate of drug-likeness (QED) is 0.439. The lowest BCUT2D eigenvalue weighted by Gasteiger charge is -1.93. The highest BCUT2D eigenvalue weighted by atomic mass is 127. The molecule has 0 heterocycles. The Morgan fingerprint density at radius 2 is 2.44 bits per heavy atom. The molecule has 0 aliphatic heterocycles. The zero-order chi connectivity index (χ0) is 7.28. The molecule has 0 fully saturated rings. The fourth-order valence-electron chi connectivity index (χ4n) is 0.367. The minimum atomic E-state index is -0.890. The summed E-state index contributed by atoms with van der Waals surface area (Å²) < 4.78 is 2.81. The highest BCUT2D eigenvalue weighted by Crippen LogP contribution is 1.89. The van der Waals surface area contributed by atoms with Crippen molar-refractivity contribution in [3.05, 3.63) is 11.6 Å². The van der Waals surface area contributed by atoms with Crippen LogP contribution in [0, 0.1) is 0 Å². The molecule has 9 heavy (non-hydrogen) atoms. The van der Waals surface area contributed by atoms with Crippen LogP contribution in [0.15, 0.2) is 11.6 Å². The van der Waals surface area contributed by atoms with E-state index in [0.29, 0.717) is 6.54 Å². The van der Waals surface area contributed by atoms with E-state index >= 15 is 0 Å². The van der Waals surface area contributed by atoms with Gasteiger partial charge >= 0.3 is 5.97 Å². The maximum Gasteiger partial charge on any atom is 0.328 e. The largest absolute Gasteiger partial charge is 0.478 e. The van der Waals surface area contributed by atoms with Gasteiger partial charge in [-0.2, -0.15) is 0 Å². The first-order chi connectivity index (χ1) is 4.16. The number of halogens is 1. The Morgan fingerprint density at radius 1 is 1.89 bits per heavy atom.